The summed E-state index contributed by atoms with van der Waals surface area (Å²) >= 11 is 0.954. The maximum atomic E-state index is 12.3. The lowest BCUT2D eigenvalue weighted by atomic mass is 10.1. The van der Waals surface area contributed by atoms with E-state index in [1.165, 1.54) is 0 Å². The van der Waals surface area contributed by atoms with Crippen molar-refractivity contribution in [2.24, 2.45) is 0 Å². The molecule has 1 N–H and O–H groups in total. The highest BCUT2D eigenvalue weighted by Gasteiger charge is 2.25. The van der Waals surface area contributed by atoms with Gasteiger partial charge >= 0.3 is 0 Å². The van der Waals surface area contributed by atoms with Crippen LogP contribution >= 0.6 is 11.3 Å². The van der Waals surface area contributed by atoms with E-state index < -0.39 is 6.43 Å². The third-order valence-electron chi connectivity index (χ3n) is 2.56. The normalized spacial score (nSPS) is 18.2. The van der Waals surface area contributed by atoms with Crippen molar-refractivity contribution in [3.8, 4) is 5.88 Å². The predicted molar refractivity (Wildman–Crippen MR) is 49.9 cm³/mol. The summed E-state index contributed by atoms with van der Waals surface area (Å²) in [5.41, 5.74) is 0. The summed E-state index contributed by atoms with van der Waals surface area (Å²) in [7, 11) is 0. The highest BCUT2D eigenvalue weighted by molar-refractivity contribution is 7.12. The van der Waals surface area contributed by atoms with E-state index >= 15 is 0 Å². The molecule has 1 heterocycles. The molecule has 5 heteroatoms. The molecule has 1 saturated carbocycles. The van der Waals surface area contributed by atoms with Crippen LogP contribution in [0.25, 0.3) is 0 Å². The topological polar surface area (TPSA) is 33.1 Å². The molecule has 14 heavy (non-hydrogen) atoms. The van der Waals surface area contributed by atoms with Crippen molar-refractivity contribution in [2.45, 2.75) is 38.0 Å². The van der Waals surface area contributed by atoms with Crippen LogP contribution in [-0.4, -0.2) is 10.1 Å². The minimum absolute atomic E-state index is 0.183. The van der Waals surface area contributed by atoms with Crippen LogP contribution < -0.4 is 0 Å². The molecular weight excluding hydrogens is 208 g/mol. The fourth-order valence-corrected chi connectivity index (χ4v) is 2.87. The molecule has 78 valence electrons. The first-order valence-corrected chi connectivity index (χ1v) is 5.48. The van der Waals surface area contributed by atoms with Gasteiger partial charge in [0.05, 0.1) is 4.88 Å². The Balaban J connectivity index is 2.24. The molecule has 1 fully saturated rings. The van der Waals surface area contributed by atoms with Crippen molar-refractivity contribution in [1.82, 2.24) is 4.98 Å². The first-order valence-electron chi connectivity index (χ1n) is 4.66. The summed E-state index contributed by atoms with van der Waals surface area (Å²) in [5.74, 6) is 0.0669. The third-order valence-corrected chi connectivity index (χ3v) is 3.78. The molecule has 0 amide bonds. The molecule has 1 aromatic heterocycles. The Morgan fingerprint density at radius 3 is 2.50 bits per heavy atom. The van der Waals surface area contributed by atoms with Crippen molar-refractivity contribution < 1.29 is 13.9 Å². The molecular formula is C9H11F2NOS. The number of rotatable bonds is 2. The van der Waals surface area contributed by atoms with Gasteiger partial charge in [0.2, 0.25) is 5.88 Å². The summed E-state index contributed by atoms with van der Waals surface area (Å²) in [6, 6.07) is 0. The zero-order chi connectivity index (χ0) is 10.1. The van der Waals surface area contributed by atoms with Crippen molar-refractivity contribution >= 4 is 11.3 Å². The largest absolute Gasteiger partial charge is 0.492 e. The van der Waals surface area contributed by atoms with Crippen LogP contribution in [0.15, 0.2) is 0 Å². The van der Waals surface area contributed by atoms with Crippen LogP contribution in [0.1, 0.15) is 47.9 Å². The maximum absolute atomic E-state index is 12.3. The van der Waals surface area contributed by atoms with Gasteiger partial charge in [0.1, 0.15) is 0 Å². The molecule has 2 rings (SSSR count). The van der Waals surface area contributed by atoms with Gasteiger partial charge in [0, 0.05) is 0 Å². The number of hydrogen-bond acceptors (Lipinski definition) is 3. The van der Waals surface area contributed by atoms with Crippen molar-refractivity contribution in [1.29, 1.82) is 0 Å². The van der Waals surface area contributed by atoms with Gasteiger partial charge in [-0.15, -0.1) is 11.3 Å². The standard InChI is InChI=1S/C9H11F2NOS/c10-7(11)9-12-8(13)6(14-9)5-3-1-2-4-5/h5,7,13H,1-4H2. The van der Waals surface area contributed by atoms with E-state index in [0.717, 1.165) is 37.0 Å². The smallest absolute Gasteiger partial charge is 0.289 e. The van der Waals surface area contributed by atoms with Gasteiger partial charge in [-0.3, -0.25) is 0 Å². The molecule has 0 aromatic carbocycles. The van der Waals surface area contributed by atoms with Crippen LogP contribution in [-0.2, 0) is 0 Å². The maximum Gasteiger partial charge on any atom is 0.289 e. The molecule has 1 aromatic rings. The molecule has 0 bridgehead atoms. The number of nitrogens with zero attached hydrogens (tertiary/aromatic N) is 1. The Hall–Kier alpha value is -0.710. The van der Waals surface area contributed by atoms with E-state index in [1.807, 2.05) is 0 Å². The Labute approximate surface area is 84.6 Å². The number of thiazole rings is 1. The Kier molecular flexibility index (Phi) is 2.67. The molecule has 0 atom stereocenters. The van der Waals surface area contributed by atoms with Crippen LogP contribution in [0.3, 0.4) is 0 Å². The Bertz CT molecular complexity index is 321. The zero-order valence-electron chi connectivity index (χ0n) is 7.54. The number of aromatic nitrogens is 1. The van der Waals surface area contributed by atoms with Crippen LogP contribution in [0.2, 0.25) is 0 Å². The molecule has 2 nitrogen and oxygen atoms in total. The molecule has 0 spiro atoms. The van der Waals surface area contributed by atoms with Gasteiger partial charge in [0.15, 0.2) is 5.01 Å². The minimum atomic E-state index is -2.57. The van der Waals surface area contributed by atoms with Crippen LogP contribution in [0.5, 0.6) is 5.88 Å². The summed E-state index contributed by atoms with van der Waals surface area (Å²) in [5, 5.41) is 9.15. The van der Waals surface area contributed by atoms with E-state index in [0.29, 0.717) is 4.88 Å². The molecule has 0 saturated heterocycles. The average Bonchev–Trinajstić information content (AvgIpc) is 2.71. The number of aromatic hydroxyl groups is 1. The summed E-state index contributed by atoms with van der Waals surface area (Å²) in [6.07, 6.45) is 1.63. The fraction of sp³-hybridized carbons (Fsp3) is 0.667. The van der Waals surface area contributed by atoms with Crippen molar-refractivity contribution in [3.05, 3.63) is 9.88 Å². The van der Waals surface area contributed by atoms with E-state index in [4.69, 9.17) is 0 Å². The zero-order valence-corrected chi connectivity index (χ0v) is 8.36. The SMILES string of the molecule is Oc1nc(C(F)F)sc1C1CCCC1. The highest BCUT2D eigenvalue weighted by Crippen LogP contribution is 2.43. The van der Waals surface area contributed by atoms with Gasteiger partial charge in [-0.1, -0.05) is 12.8 Å². The lowest BCUT2D eigenvalue weighted by molar-refractivity contribution is 0.150. The summed E-state index contributed by atoms with van der Waals surface area (Å²) in [6.45, 7) is 0. The highest BCUT2D eigenvalue weighted by atomic mass is 32.1. The predicted octanol–water partition coefficient (Wildman–Crippen LogP) is 3.44. The molecule has 0 unspecified atom stereocenters. The van der Waals surface area contributed by atoms with Gasteiger partial charge in [0.25, 0.3) is 6.43 Å². The lowest BCUT2D eigenvalue weighted by Crippen LogP contribution is -1.87. The second kappa shape index (κ2) is 3.81. The molecule has 0 aliphatic heterocycles. The van der Waals surface area contributed by atoms with E-state index in [2.05, 4.69) is 4.98 Å². The van der Waals surface area contributed by atoms with E-state index in [-0.39, 0.29) is 16.8 Å². The van der Waals surface area contributed by atoms with Gasteiger partial charge < -0.3 is 5.11 Å². The van der Waals surface area contributed by atoms with Crippen LogP contribution in [0.4, 0.5) is 8.78 Å². The number of halogens is 2. The average molecular weight is 219 g/mol. The Morgan fingerprint density at radius 2 is 2.00 bits per heavy atom. The second-order valence-corrected chi connectivity index (χ2v) is 4.58. The number of alkyl halides is 2. The first-order chi connectivity index (χ1) is 6.68. The molecule has 0 radical (unpaired) electrons. The van der Waals surface area contributed by atoms with E-state index in [9.17, 15) is 13.9 Å². The minimum Gasteiger partial charge on any atom is -0.492 e. The fourth-order valence-electron chi connectivity index (χ4n) is 1.89. The van der Waals surface area contributed by atoms with Gasteiger partial charge in [-0.05, 0) is 18.8 Å². The Morgan fingerprint density at radius 1 is 1.36 bits per heavy atom. The summed E-state index contributed by atoms with van der Waals surface area (Å²) in [4.78, 5) is 4.13. The molecule has 1 aliphatic rings. The van der Waals surface area contributed by atoms with Crippen LogP contribution in [0, 0.1) is 0 Å². The third kappa shape index (κ3) is 1.73. The van der Waals surface area contributed by atoms with Crippen molar-refractivity contribution in [3.63, 3.8) is 0 Å². The van der Waals surface area contributed by atoms with Crippen molar-refractivity contribution in [2.75, 3.05) is 0 Å². The summed E-state index contributed by atoms with van der Waals surface area (Å²) < 4.78 is 24.6. The quantitative estimate of drug-likeness (QED) is 0.826. The van der Waals surface area contributed by atoms with Gasteiger partial charge in [-0.2, -0.15) is 0 Å². The first kappa shape index (κ1) is 9.83. The monoisotopic (exact) mass is 219 g/mol. The molecule has 1 aliphatic carbocycles. The second-order valence-electron chi connectivity index (χ2n) is 3.52. The number of hydrogen-bond donors (Lipinski definition) is 1. The lowest BCUT2D eigenvalue weighted by Gasteiger charge is -2.04. The van der Waals surface area contributed by atoms with Gasteiger partial charge in [-0.25, -0.2) is 13.8 Å². The van der Waals surface area contributed by atoms with E-state index in [1.54, 1.807) is 0 Å².